The van der Waals surface area contributed by atoms with Gasteiger partial charge in [-0.3, -0.25) is 4.90 Å². The Morgan fingerprint density at radius 3 is 2.76 bits per heavy atom. The van der Waals surface area contributed by atoms with E-state index in [1.807, 2.05) is 12.1 Å². The summed E-state index contributed by atoms with van der Waals surface area (Å²) in [4.78, 5) is 2.45. The molecule has 1 fully saturated rings. The molecule has 5 heteroatoms. The second-order valence-electron chi connectivity index (χ2n) is 5.41. The molecule has 2 nitrogen and oxygen atoms in total. The van der Waals surface area contributed by atoms with Gasteiger partial charge in [0.15, 0.2) is 0 Å². The van der Waals surface area contributed by atoms with Crippen molar-refractivity contribution in [2.75, 3.05) is 0 Å². The fourth-order valence-electron chi connectivity index (χ4n) is 2.48. The Morgan fingerprint density at radius 1 is 1.33 bits per heavy atom. The number of nitrogens with two attached hydrogens (primary N) is 1. The minimum absolute atomic E-state index is 0.116. The highest BCUT2D eigenvalue weighted by Crippen LogP contribution is 2.30. The molecule has 110 valence electrons. The Kier molecular flexibility index (Phi) is 4.33. The number of hydrogen-bond acceptors (Lipinski definition) is 3. The first-order valence-electron chi connectivity index (χ1n) is 6.97. The number of halogens is 1. The van der Waals surface area contributed by atoms with Crippen molar-refractivity contribution in [3.63, 3.8) is 0 Å². The highest BCUT2D eigenvalue weighted by Gasteiger charge is 2.29. The van der Waals surface area contributed by atoms with Gasteiger partial charge in [-0.1, -0.05) is 24.4 Å². The lowest BCUT2D eigenvalue weighted by atomic mass is 10.1. The van der Waals surface area contributed by atoms with Gasteiger partial charge in [0, 0.05) is 30.3 Å². The summed E-state index contributed by atoms with van der Waals surface area (Å²) in [5.74, 6) is -0.277. The van der Waals surface area contributed by atoms with Gasteiger partial charge >= 0.3 is 0 Å². The molecule has 0 amide bonds. The second kappa shape index (κ2) is 6.22. The number of hydrogen-bond donors (Lipinski definition) is 1. The summed E-state index contributed by atoms with van der Waals surface area (Å²) in [6, 6.07) is 7.98. The molecule has 21 heavy (non-hydrogen) atoms. The van der Waals surface area contributed by atoms with E-state index in [1.54, 1.807) is 17.4 Å². The monoisotopic (exact) mass is 320 g/mol. The highest BCUT2D eigenvalue weighted by molar-refractivity contribution is 7.80. The minimum atomic E-state index is -0.277. The first kappa shape index (κ1) is 14.6. The summed E-state index contributed by atoms with van der Waals surface area (Å²) in [6.07, 6.45) is 2.39. The van der Waals surface area contributed by atoms with E-state index >= 15 is 0 Å². The molecule has 0 aliphatic heterocycles. The molecule has 1 aliphatic rings. The van der Waals surface area contributed by atoms with Gasteiger partial charge in [-0.25, -0.2) is 4.39 Å². The first-order valence-corrected chi connectivity index (χ1v) is 8.32. The minimum Gasteiger partial charge on any atom is -0.389 e. The third-order valence-corrected chi connectivity index (χ3v) is 4.70. The molecule has 0 saturated heterocycles. The molecule has 2 N–H and O–H groups in total. The standard InChI is InChI=1S/C16H17FN2S2/c17-15-12(2-1-3-14(15)16(18)20)9-19(13-4-5-13)8-11-6-7-21-10-11/h1-3,6-7,10,13H,4-5,8-9H2,(H2,18,20). The molecule has 3 rings (SSSR count). The molecule has 1 aromatic heterocycles. The van der Waals surface area contributed by atoms with Gasteiger partial charge in [0.1, 0.15) is 10.8 Å². The first-order chi connectivity index (χ1) is 10.1. The van der Waals surface area contributed by atoms with Crippen LogP contribution in [0.5, 0.6) is 0 Å². The van der Waals surface area contributed by atoms with Crippen LogP contribution in [0.4, 0.5) is 4.39 Å². The van der Waals surface area contributed by atoms with Crippen molar-refractivity contribution in [3.05, 3.63) is 57.5 Å². The third-order valence-electron chi connectivity index (χ3n) is 3.75. The molecule has 0 radical (unpaired) electrons. The molecular formula is C16H17FN2S2. The topological polar surface area (TPSA) is 29.3 Å². The zero-order chi connectivity index (χ0) is 14.8. The molecule has 1 heterocycles. The zero-order valence-corrected chi connectivity index (χ0v) is 13.2. The molecule has 2 aromatic rings. The lowest BCUT2D eigenvalue weighted by Crippen LogP contribution is -2.26. The van der Waals surface area contributed by atoms with Crippen molar-refractivity contribution >= 4 is 28.5 Å². The maximum atomic E-state index is 14.5. The second-order valence-corrected chi connectivity index (χ2v) is 6.63. The Bertz CT molecular complexity index is 636. The fraction of sp³-hybridized carbons (Fsp3) is 0.312. The lowest BCUT2D eigenvalue weighted by Gasteiger charge is -2.22. The van der Waals surface area contributed by atoms with Crippen molar-refractivity contribution in [2.24, 2.45) is 5.73 Å². The molecule has 1 saturated carbocycles. The largest absolute Gasteiger partial charge is 0.389 e. The molecule has 0 spiro atoms. The van der Waals surface area contributed by atoms with Crippen LogP contribution in [0.2, 0.25) is 0 Å². The average molecular weight is 320 g/mol. The zero-order valence-electron chi connectivity index (χ0n) is 11.6. The van der Waals surface area contributed by atoms with Gasteiger partial charge < -0.3 is 5.73 Å². The van der Waals surface area contributed by atoms with Gasteiger partial charge in [0.25, 0.3) is 0 Å². The lowest BCUT2D eigenvalue weighted by molar-refractivity contribution is 0.242. The van der Waals surface area contributed by atoms with Crippen LogP contribution in [-0.2, 0) is 13.1 Å². The molecule has 0 unspecified atom stereocenters. The van der Waals surface area contributed by atoms with Crippen molar-refractivity contribution in [2.45, 2.75) is 32.0 Å². The summed E-state index contributed by atoms with van der Waals surface area (Å²) in [7, 11) is 0. The van der Waals surface area contributed by atoms with Crippen LogP contribution < -0.4 is 5.73 Å². The molecule has 0 bridgehead atoms. The van der Waals surface area contributed by atoms with Crippen LogP contribution >= 0.6 is 23.6 Å². The van der Waals surface area contributed by atoms with Crippen LogP contribution in [0.1, 0.15) is 29.5 Å². The quantitative estimate of drug-likeness (QED) is 0.823. The maximum absolute atomic E-state index is 14.5. The molecule has 0 atom stereocenters. The van der Waals surface area contributed by atoms with Crippen LogP contribution in [0, 0.1) is 5.82 Å². The van der Waals surface area contributed by atoms with E-state index in [-0.39, 0.29) is 10.8 Å². The Labute approximate surface area is 133 Å². The average Bonchev–Trinajstić information content (AvgIpc) is 3.18. The van der Waals surface area contributed by atoms with Crippen LogP contribution in [0.3, 0.4) is 0 Å². The van der Waals surface area contributed by atoms with Crippen molar-refractivity contribution < 1.29 is 4.39 Å². The summed E-state index contributed by atoms with van der Waals surface area (Å²) in [5.41, 5.74) is 7.88. The molecular weight excluding hydrogens is 303 g/mol. The summed E-state index contributed by atoms with van der Waals surface area (Å²) >= 11 is 6.60. The van der Waals surface area contributed by atoms with Gasteiger partial charge in [0.05, 0.1) is 0 Å². The summed E-state index contributed by atoms with van der Waals surface area (Å²) < 4.78 is 14.5. The van der Waals surface area contributed by atoms with E-state index in [0.29, 0.717) is 23.7 Å². The predicted molar refractivity (Wildman–Crippen MR) is 88.9 cm³/mol. The van der Waals surface area contributed by atoms with Gasteiger partial charge in [-0.2, -0.15) is 11.3 Å². The fourth-order valence-corrected chi connectivity index (χ4v) is 3.30. The van der Waals surface area contributed by atoms with Crippen molar-refractivity contribution in [3.8, 4) is 0 Å². The van der Waals surface area contributed by atoms with Crippen LogP contribution in [0.15, 0.2) is 35.0 Å². The molecule has 1 aliphatic carbocycles. The predicted octanol–water partition coefficient (Wildman–Crippen LogP) is 3.69. The highest BCUT2D eigenvalue weighted by atomic mass is 32.1. The van der Waals surface area contributed by atoms with E-state index in [4.69, 9.17) is 18.0 Å². The number of nitrogens with zero attached hydrogens (tertiary/aromatic N) is 1. The van der Waals surface area contributed by atoms with E-state index in [2.05, 4.69) is 21.7 Å². The van der Waals surface area contributed by atoms with Crippen LogP contribution in [0.25, 0.3) is 0 Å². The smallest absolute Gasteiger partial charge is 0.137 e. The number of benzene rings is 1. The normalized spacial score (nSPS) is 14.6. The number of thiophene rings is 1. The Morgan fingerprint density at radius 2 is 2.14 bits per heavy atom. The van der Waals surface area contributed by atoms with Gasteiger partial charge in [0.2, 0.25) is 0 Å². The Hall–Kier alpha value is -1.30. The SMILES string of the molecule is NC(=S)c1cccc(CN(Cc2ccsc2)C2CC2)c1F. The Balaban J connectivity index is 1.80. The van der Waals surface area contributed by atoms with Crippen molar-refractivity contribution in [1.29, 1.82) is 0 Å². The van der Waals surface area contributed by atoms with Gasteiger partial charge in [-0.05, 0) is 41.3 Å². The number of rotatable bonds is 6. The van der Waals surface area contributed by atoms with E-state index < -0.39 is 0 Å². The maximum Gasteiger partial charge on any atom is 0.137 e. The molecule has 1 aromatic carbocycles. The summed E-state index contributed by atoms with van der Waals surface area (Å²) in [5, 5.41) is 4.23. The van der Waals surface area contributed by atoms with Crippen molar-refractivity contribution in [1.82, 2.24) is 4.90 Å². The van der Waals surface area contributed by atoms with Gasteiger partial charge in [-0.15, -0.1) is 0 Å². The summed E-state index contributed by atoms with van der Waals surface area (Å²) in [6.45, 7) is 1.47. The van der Waals surface area contributed by atoms with E-state index in [1.165, 1.54) is 18.4 Å². The van der Waals surface area contributed by atoms with Crippen LogP contribution in [-0.4, -0.2) is 15.9 Å². The van der Waals surface area contributed by atoms with E-state index in [0.717, 1.165) is 6.54 Å². The third kappa shape index (κ3) is 3.48. The number of thiocarbonyl (C=S) groups is 1. The van der Waals surface area contributed by atoms with E-state index in [9.17, 15) is 4.39 Å².